The Kier molecular flexibility index (Phi) is 6.51. The highest BCUT2D eigenvalue weighted by molar-refractivity contribution is 5.94. The first-order chi connectivity index (χ1) is 15.7. The average Bonchev–Trinajstić information content (AvgIpc) is 3.27. The molecule has 4 rings (SSSR count). The Morgan fingerprint density at radius 1 is 0.938 bits per heavy atom. The second-order valence-corrected chi connectivity index (χ2v) is 7.21. The van der Waals surface area contributed by atoms with Gasteiger partial charge in [-0.05, 0) is 55.0 Å². The van der Waals surface area contributed by atoms with E-state index in [0.717, 1.165) is 22.7 Å². The summed E-state index contributed by atoms with van der Waals surface area (Å²) >= 11 is 0. The van der Waals surface area contributed by atoms with Gasteiger partial charge in [0.15, 0.2) is 6.10 Å². The molecule has 1 N–H and O–H groups in total. The molecule has 6 nitrogen and oxygen atoms in total. The van der Waals surface area contributed by atoms with E-state index in [1.165, 1.54) is 0 Å². The number of hydrogen-bond acceptors (Lipinski definition) is 4. The quantitative estimate of drug-likeness (QED) is 0.412. The molecule has 0 saturated carbocycles. The van der Waals surface area contributed by atoms with Crippen LogP contribution in [0.15, 0.2) is 91.0 Å². The van der Waals surface area contributed by atoms with Gasteiger partial charge in [0.25, 0.3) is 5.91 Å². The second-order valence-electron chi connectivity index (χ2n) is 7.21. The second kappa shape index (κ2) is 9.83. The summed E-state index contributed by atoms with van der Waals surface area (Å²) < 4.78 is 12.9. The fraction of sp³-hybridized carbons (Fsp3) is 0.154. The third kappa shape index (κ3) is 4.81. The molecule has 32 heavy (non-hydrogen) atoms. The fourth-order valence-electron chi connectivity index (χ4n) is 3.33. The number of nitrogens with one attached hydrogen (secondary N) is 1. The van der Waals surface area contributed by atoms with E-state index < -0.39 is 6.10 Å². The van der Waals surface area contributed by atoms with Crippen LogP contribution in [0.1, 0.15) is 13.3 Å². The van der Waals surface area contributed by atoms with Gasteiger partial charge < -0.3 is 14.8 Å². The number of carbonyl (C=O) groups is 1. The third-order valence-electron chi connectivity index (χ3n) is 5.03. The standard InChI is InChI=1S/C26H25N3O3/c1-3-24(32-22-12-8-5-9-13-22)26(30)27-25-18-23(19-14-16-21(31-2)17-15-19)28-29(25)20-10-6-4-7-11-20/h4-18,24H,3H2,1-2H3,(H,27,30)/t24-/m1/s1. The van der Waals surface area contributed by atoms with E-state index in [2.05, 4.69) is 5.32 Å². The molecule has 0 unspecified atom stereocenters. The molecule has 0 saturated heterocycles. The minimum atomic E-state index is -0.624. The largest absolute Gasteiger partial charge is 0.497 e. The van der Waals surface area contributed by atoms with Crippen molar-refractivity contribution in [3.05, 3.63) is 91.0 Å². The van der Waals surface area contributed by atoms with Crippen molar-refractivity contribution in [1.29, 1.82) is 0 Å². The monoisotopic (exact) mass is 427 g/mol. The van der Waals surface area contributed by atoms with Crippen LogP contribution in [0.2, 0.25) is 0 Å². The molecule has 6 heteroatoms. The third-order valence-corrected chi connectivity index (χ3v) is 5.03. The number of amides is 1. The van der Waals surface area contributed by atoms with Crippen molar-refractivity contribution >= 4 is 11.7 Å². The first kappa shape index (κ1) is 21.2. The van der Waals surface area contributed by atoms with Gasteiger partial charge in [-0.2, -0.15) is 5.10 Å². The van der Waals surface area contributed by atoms with Gasteiger partial charge in [0.2, 0.25) is 0 Å². The predicted octanol–water partition coefficient (Wildman–Crippen LogP) is 5.34. The highest BCUT2D eigenvalue weighted by Crippen LogP contribution is 2.27. The lowest BCUT2D eigenvalue weighted by Crippen LogP contribution is -2.33. The molecular formula is C26H25N3O3. The lowest BCUT2D eigenvalue weighted by molar-refractivity contribution is -0.122. The van der Waals surface area contributed by atoms with Crippen molar-refractivity contribution in [3.63, 3.8) is 0 Å². The number of hydrogen-bond donors (Lipinski definition) is 1. The molecule has 1 heterocycles. The molecule has 162 valence electrons. The molecule has 4 aromatic rings. The van der Waals surface area contributed by atoms with Gasteiger partial charge in [-0.15, -0.1) is 0 Å². The molecule has 1 amide bonds. The predicted molar refractivity (Wildman–Crippen MR) is 125 cm³/mol. The Morgan fingerprint density at radius 3 is 2.22 bits per heavy atom. The topological polar surface area (TPSA) is 65.4 Å². The Morgan fingerprint density at radius 2 is 1.59 bits per heavy atom. The van der Waals surface area contributed by atoms with Crippen molar-refractivity contribution in [3.8, 4) is 28.4 Å². The lowest BCUT2D eigenvalue weighted by Gasteiger charge is -2.17. The van der Waals surface area contributed by atoms with Gasteiger partial charge in [-0.1, -0.05) is 43.3 Å². The molecule has 1 atom stereocenters. The molecule has 0 aliphatic carbocycles. The molecule has 0 aliphatic heterocycles. The summed E-state index contributed by atoms with van der Waals surface area (Å²) in [5, 5.41) is 7.75. The number of anilines is 1. The molecule has 3 aromatic carbocycles. The molecule has 0 spiro atoms. The van der Waals surface area contributed by atoms with Crippen LogP contribution in [0, 0.1) is 0 Å². The highest BCUT2D eigenvalue weighted by atomic mass is 16.5. The number of rotatable bonds is 8. The maximum atomic E-state index is 13.1. The molecule has 0 radical (unpaired) electrons. The maximum absolute atomic E-state index is 13.1. The summed E-state index contributed by atoms with van der Waals surface area (Å²) in [6, 6.07) is 28.6. The van der Waals surface area contributed by atoms with Crippen LogP contribution in [-0.4, -0.2) is 28.9 Å². The average molecular weight is 428 g/mol. The normalized spacial score (nSPS) is 11.6. The van der Waals surface area contributed by atoms with Gasteiger partial charge in [0.05, 0.1) is 18.5 Å². The summed E-state index contributed by atoms with van der Waals surface area (Å²) in [6.07, 6.45) is -0.0908. The molecule has 0 aliphatic rings. The number of aromatic nitrogens is 2. The minimum absolute atomic E-state index is 0.227. The number of para-hydroxylation sites is 2. The minimum Gasteiger partial charge on any atom is -0.497 e. The van der Waals surface area contributed by atoms with E-state index in [4.69, 9.17) is 14.6 Å². The van der Waals surface area contributed by atoms with E-state index in [1.807, 2.05) is 97.9 Å². The van der Waals surface area contributed by atoms with Crippen molar-refractivity contribution in [2.45, 2.75) is 19.4 Å². The zero-order valence-electron chi connectivity index (χ0n) is 18.1. The van der Waals surface area contributed by atoms with E-state index in [-0.39, 0.29) is 5.91 Å². The van der Waals surface area contributed by atoms with Crippen molar-refractivity contribution in [1.82, 2.24) is 9.78 Å². The highest BCUT2D eigenvalue weighted by Gasteiger charge is 2.21. The number of benzene rings is 3. The van der Waals surface area contributed by atoms with Gasteiger partial charge in [0, 0.05) is 11.6 Å². The van der Waals surface area contributed by atoms with E-state index >= 15 is 0 Å². The van der Waals surface area contributed by atoms with Crippen LogP contribution >= 0.6 is 0 Å². The maximum Gasteiger partial charge on any atom is 0.266 e. The summed E-state index contributed by atoms with van der Waals surface area (Å²) in [6.45, 7) is 1.92. The number of nitrogens with zero attached hydrogens (tertiary/aromatic N) is 2. The SMILES string of the molecule is CC[C@@H](Oc1ccccc1)C(=O)Nc1cc(-c2ccc(OC)cc2)nn1-c1ccccc1. The van der Waals surface area contributed by atoms with Crippen LogP contribution in [0.25, 0.3) is 16.9 Å². The van der Waals surface area contributed by atoms with Crippen LogP contribution in [0.3, 0.4) is 0 Å². The van der Waals surface area contributed by atoms with Crippen LogP contribution < -0.4 is 14.8 Å². The first-order valence-corrected chi connectivity index (χ1v) is 10.5. The van der Waals surface area contributed by atoms with Gasteiger partial charge in [-0.3, -0.25) is 4.79 Å². The van der Waals surface area contributed by atoms with Crippen LogP contribution in [0.4, 0.5) is 5.82 Å². The summed E-state index contributed by atoms with van der Waals surface area (Å²) in [5.41, 5.74) is 2.51. The smallest absolute Gasteiger partial charge is 0.266 e. The van der Waals surface area contributed by atoms with E-state index in [0.29, 0.717) is 18.0 Å². The van der Waals surface area contributed by atoms with E-state index in [1.54, 1.807) is 11.8 Å². The van der Waals surface area contributed by atoms with Gasteiger partial charge in [-0.25, -0.2) is 4.68 Å². The van der Waals surface area contributed by atoms with Gasteiger partial charge >= 0.3 is 0 Å². The zero-order chi connectivity index (χ0) is 22.3. The number of methoxy groups -OCH3 is 1. The molecule has 0 fully saturated rings. The summed E-state index contributed by atoms with van der Waals surface area (Å²) in [7, 11) is 1.63. The molecular weight excluding hydrogens is 402 g/mol. The zero-order valence-corrected chi connectivity index (χ0v) is 18.1. The van der Waals surface area contributed by atoms with Crippen LogP contribution in [0.5, 0.6) is 11.5 Å². The summed E-state index contributed by atoms with van der Waals surface area (Å²) in [5.74, 6) is 1.77. The van der Waals surface area contributed by atoms with Crippen LogP contribution in [-0.2, 0) is 4.79 Å². The Labute approximate surface area is 187 Å². The lowest BCUT2D eigenvalue weighted by atomic mass is 10.1. The van der Waals surface area contributed by atoms with Crippen molar-refractivity contribution in [2.24, 2.45) is 0 Å². The Bertz CT molecular complexity index is 1160. The Hall–Kier alpha value is -4.06. The van der Waals surface area contributed by atoms with Crippen molar-refractivity contribution in [2.75, 3.05) is 12.4 Å². The number of ether oxygens (including phenoxy) is 2. The van der Waals surface area contributed by atoms with Crippen molar-refractivity contribution < 1.29 is 14.3 Å². The van der Waals surface area contributed by atoms with E-state index in [9.17, 15) is 4.79 Å². The first-order valence-electron chi connectivity index (χ1n) is 10.5. The fourth-order valence-corrected chi connectivity index (χ4v) is 3.33. The summed E-state index contributed by atoms with van der Waals surface area (Å²) in [4.78, 5) is 13.1. The molecule has 0 bridgehead atoms. The molecule has 1 aromatic heterocycles. The van der Waals surface area contributed by atoms with Gasteiger partial charge in [0.1, 0.15) is 17.3 Å². The Balaban J connectivity index is 1.63. The number of carbonyl (C=O) groups excluding carboxylic acids is 1.